The Hall–Kier alpha value is -1.60. The monoisotopic (exact) mass is 280 g/mol. The lowest BCUT2D eigenvalue weighted by atomic mass is 9.72. The second-order valence-corrected chi connectivity index (χ2v) is 6.48. The van der Waals surface area contributed by atoms with Crippen LogP contribution < -0.4 is 0 Å². The fourth-order valence-electron chi connectivity index (χ4n) is 3.75. The van der Waals surface area contributed by atoms with Crippen LogP contribution in [-0.2, 0) is 5.41 Å². The first-order valence-electron chi connectivity index (χ1n) is 7.94. The Morgan fingerprint density at radius 3 is 2.19 bits per heavy atom. The van der Waals surface area contributed by atoms with E-state index in [1.807, 2.05) is 0 Å². The van der Waals surface area contributed by atoms with Crippen LogP contribution in [0.25, 0.3) is 0 Å². The maximum Gasteiger partial charge on any atom is 0.0886 e. The molecule has 0 spiro atoms. The molecule has 110 valence electrons. The molecule has 21 heavy (non-hydrogen) atoms. The highest BCUT2D eigenvalue weighted by Crippen LogP contribution is 2.49. The average Bonchev–Trinajstić information content (AvgIpc) is 3.01. The van der Waals surface area contributed by atoms with Crippen molar-refractivity contribution in [2.75, 3.05) is 0 Å². The van der Waals surface area contributed by atoms with Crippen molar-refractivity contribution in [1.29, 1.82) is 0 Å². The normalized spacial score (nSPS) is 18.6. The summed E-state index contributed by atoms with van der Waals surface area (Å²) in [4.78, 5) is 0. The third-order valence-corrected chi connectivity index (χ3v) is 5.21. The zero-order chi connectivity index (χ0) is 14.9. The van der Waals surface area contributed by atoms with Gasteiger partial charge in [0, 0.05) is 5.41 Å². The minimum atomic E-state index is -0.415. The minimum Gasteiger partial charge on any atom is -0.387 e. The summed E-state index contributed by atoms with van der Waals surface area (Å²) in [7, 11) is 0. The van der Waals surface area contributed by atoms with Crippen molar-refractivity contribution >= 4 is 0 Å². The van der Waals surface area contributed by atoms with Crippen molar-refractivity contribution in [1.82, 2.24) is 0 Å². The van der Waals surface area contributed by atoms with Crippen LogP contribution >= 0.6 is 0 Å². The lowest BCUT2D eigenvalue weighted by Crippen LogP contribution is -2.30. The molecular weight excluding hydrogens is 256 g/mol. The Labute approximate surface area is 127 Å². The fraction of sp³-hybridized carbons (Fsp3) is 0.400. The van der Waals surface area contributed by atoms with Gasteiger partial charge in [-0.3, -0.25) is 0 Å². The van der Waals surface area contributed by atoms with Crippen molar-refractivity contribution in [3.05, 3.63) is 70.8 Å². The van der Waals surface area contributed by atoms with E-state index in [0.717, 1.165) is 18.4 Å². The summed E-state index contributed by atoms with van der Waals surface area (Å²) in [5.41, 5.74) is 4.78. The standard InChI is InChI=1S/C20H24O/c1-15-10-11-17(14-16(15)2)19(21)20(12-6-7-13-20)18-8-4-3-5-9-18/h3-5,8-11,14,19,21H,6-7,12-13H2,1-2H3. The zero-order valence-electron chi connectivity index (χ0n) is 13.0. The van der Waals surface area contributed by atoms with Gasteiger partial charge in [0.05, 0.1) is 6.10 Å². The maximum atomic E-state index is 11.1. The predicted molar refractivity (Wildman–Crippen MR) is 87.5 cm³/mol. The predicted octanol–water partition coefficient (Wildman–Crippen LogP) is 4.85. The number of hydrogen-bond acceptors (Lipinski definition) is 1. The topological polar surface area (TPSA) is 20.2 Å². The van der Waals surface area contributed by atoms with Gasteiger partial charge in [0.15, 0.2) is 0 Å². The summed E-state index contributed by atoms with van der Waals surface area (Å²) in [5.74, 6) is 0. The van der Waals surface area contributed by atoms with Crippen LogP contribution in [0.2, 0.25) is 0 Å². The highest BCUT2D eigenvalue weighted by Gasteiger charge is 2.42. The molecule has 0 aromatic heterocycles. The highest BCUT2D eigenvalue weighted by atomic mass is 16.3. The molecule has 1 aliphatic carbocycles. The molecular formula is C20H24O. The van der Waals surface area contributed by atoms with E-state index in [-0.39, 0.29) is 5.41 Å². The first kappa shape index (κ1) is 14.3. The molecule has 0 saturated heterocycles. The molecule has 2 aromatic rings. The molecule has 1 aliphatic rings. The summed E-state index contributed by atoms with van der Waals surface area (Å²) in [6.07, 6.45) is 4.14. The maximum absolute atomic E-state index is 11.1. The van der Waals surface area contributed by atoms with Gasteiger partial charge >= 0.3 is 0 Å². The molecule has 0 aliphatic heterocycles. The number of rotatable bonds is 3. The molecule has 2 aromatic carbocycles. The molecule has 1 nitrogen and oxygen atoms in total. The van der Waals surface area contributed by atoms with Gasteiger partial charge in [-0.05, 0) is 48.9 Å². The van der Waals surface area contributed by atoms with Crippen molar-refractivity contribution in [2.45, 2.75) is 51.0 Å². The van der Waals surface area contributed by atoms with Gasteiger partial charge in [-0.1, -0.05) is 61.4 Å². The summed E-state index contributed by atoms with van der Waals surface area (Å²) < 4.78 is 0. The summed E-state index contributed by atoms with van der Waals surface area (Å²) >= 11 is 0. The van der Waals surface area contributed by atoms with Crippen LogP contribution in [0.5, 0.6) is 0 Å². The molecule has 1 saturated carbocycles. The van der Waals surface area contributed by atoms with E-state index in [1.54, 1.807) is 0 Å². The number of aliphatic hydroxyl groups excluding tert-OH is 1. The van der Waals surface area contributed by atoms with Gasteiger partial charge in [0.25, 0.3) is 0 Å². The molecule has 3 rings (SSSR count). The van der Waals surface area contributed by atoms with E-state index in [9.17, 15) is 5.11 Å². The highest BCUT2D eigenvalue weighted by molar-refractivity contribution is 5.37. The van der Waals surface area contributed by atoms with Crippen molar-refractivity contribution in [2.24, 2.45) is 0 Å². The first-order valence-corrected chi connectivity index (χ1v) is 7.94. The fourth-order valence-corrected chi connectivity index (χ4v) is 3.75. The van der Waals surface area contributed by atoms with Gasteiger partial charge in [-0.25, -0.2) is 0 Å². The number of hydrogen-bond donors (Lipinski definition) is 1. The second-order valence-electron chi connectivity index (χ2n) is 6.48. The van der Waals surface area contributed by atoms with Crippen LogP contribution in [-0.4, -0.2) is 5.11 Å². The Balaban J connectivity index is 2.03. The molecule has 0 radical (unpaired) electrons. The Morgan fingerprint density at radius 2 is 1.57 bits per heavy atom. The molecule has 0 bridgehead atoms. The number of aliphatic hydroxyl groups is 1. The van der Waals surface area contributed by atoms with Crippen molar-refractivity contribution in [3.63, 3.8) is 0 Å². The zero-order valence-corrected chi connectivity index (χ0v) is 13.0. The van der Waals surface area contributed by atoms with Crippen LogP contribution in [0.1, 0.15) is 54.0 Å². The van der Waals surface area contributed by atoms with Crippen LogP contribution in [0.4, 0.5) is 0 Å². The number of aryl methyl sites for hydroxylation is 2. The summed E-state index contributed by atoms with van der Waals surface area (Å²) in [6, 6.07) is 16.9. The third-order valence-electron chi connectivity index (χ3n) is 5.21. The molecule has 1 N–H and O–H groups in total. The van der Waals surface area contributed by atoms with E-state index in [1.165, 1.54) is 29.5 Å². The largest absolute Gasteiger partial charge is 0.387 e. The summed E-state index contributed by atoms with van der Waals surface area (Å²) in [6.45, 7) is 4.24. The Bertz CT molecular complexity index is 609. The first-order chi connectivity index (χ1) is 10.1. The van der Waals surface area contributed by atoms with Crippen LogP contribution in [0.3, 0.4) is 0 Å². The quantitative estimate of drug-likeness (QED) is 0.852. The molecule has 0 amide bonds. The van der Waals surface area contributed by atoms with Crippen molar-refractivity contribution in [3.8, 4) is 0 Å². The van der Waals surface area contributed by atoms with E-state index in [4.69, 9.17) is 0 Å². The minimum absolute atomic E-state index is 0.108. The van der Waals surface area contributed by atoms with Gasteiger partial charge in [-0.15, -0.1) is 0 Å². The van der Waals surface area contributed by atoms with Gasteiger partial charge in [0.1, 0.15) is 0 Å². The van der Waals surface area contributed by atoms with E-state index < -0.39 is 6.10 Å². The molecule has 1 heteroatoms. The molecule has 1 fully saturated rings. The SMILES string of the molecule is Cc1ccc(C(O)C2(c3ccccc3)CCCC2)cc1C. The van der Waals surface area contributed by atoms with E-state index in [0.29, 0.717) is 0 Å². The lowest BCUT2D eigenvalue weighted by Gasteiger charge is -2.35. The summed E-state index contributed by atoms with van der Waals surface area (Å²) in [5, 5.41) is 11.1. The lowest BCUT2D eigenvalue weighted by molar-refractivity contribution is 0.0822. The molecule has 0 heterocycles. The molecule has 1 unspecified atom stereocenters. The Kier molecular flexibility index (Phi) is 3.86. The van der Waals surface area contributed by atoms with Crippen LogP contribution in [0, 0.1) is 13.8 Å². The van der Waals surface area contributed by atoms with Crippen molar-refractivity contribution < 1.29 is 5.11 Å². The average molecular weight is 280 g/mol. The van der Waals surface area contributed by atoms with Crippen LogP contribution in [0.15, 0.2) is 48.5 Å². The Morgan fingerprint density at radius 1 is 0.905 bits per heavy atom. The van der Waals surface area contributed by atoms with Gasteiger partial charge in [-0.2, -0.15) is 0 Å². The van der Waals surface area contributed by atoms with E-state index >= 15 is 0 Å². The van der Waals surface area contributed by atoms with Gasteiger partial charge < -0.3 is 5.11 Å². The van der Waals surface area contributed by atoms with Gasteiger partial charge in [0.2, 0.25) is 0 Å². The van der Waals surface area contributed by atoms with E-state index in [2.05, 4.69) is 62.4 Å². The molecule has 1 atom stereocenters. The number of benzene rings is 2. The third kappa shape index (κ3) is 2.51. The second kappa shape index (κ2) is 5.65. The smallest absolute Gasteiger partial charge is 0.0886 e.